The number of carbonyl (C=O) groups is 1. The normalized spacial score (nSPS) is 12.4. The van der Waals surface area contributed by atoms with Gasteiger partial charge in [-0.25, -0.2) is 0 Å². The first-order valence-corrected chi connectivity index (χ1v) is 5.28. The number of Topliss-reactive ketones (excluding diaryl/α,β-unsaturated/α-hetero) is 1. The van der Waals surface area contributed by atoms with Crippen molar-refractivity contribution in [2.24, 2.45) is 5.92 Å². The Bertz CT molecular complexity index is 277. The van der Waals surface area contributed by atoms with E-state index in [1.807, 2.05) is 25.1 Å². The summed E-state index contributed by atoms with van der Waals surface area (Å²) in [6.07, 6.45) is 2.39. The van der Waals surface area contributed by atoms with Crippen molar-refractivity contribution in [1.82, 2.24) is 0 Å². The van der Waals surface area contributed by atoms with Gasteiger partial charge in [0.05, 0.1) is 0 Å². The molecule has 0 unspecified atom stereocenters. The van der Waals surface area contributed by atoms with Crippen LogP contribution >= 0.6 is 0 Å². The summed E-state index contributed by atoms with van der Waals surface area (Å²) >= 11 is 0. The van der Waals surface area contributed by atoms with Gasteiger partial charge in [-0.2, -0.15) is 0 Å². The molecule has 1 rings (SSSR count). The second kappa shape index (κ2) is 5.58. The third-order valence-corrected chi connectivity index (χ3v) is 2.40. The Kier molecular flexibility index (Phi) is 4.37. The second-order valence-corrected chi connectivity index (χ2v) is 3.89. The summed E-state index contributed by atoms with van der Waals surface area (Å²) in [4.78, 5) is 11.2. The van der Waals surface area contributed by atoms with Crippen molar-refractivity contribution in [2.45, 2.75) is 33.1 Å². The van der Waals surface area contributed by atoms with E-state index < -0.39 is 0 Å². The summed E-state index contributed by atoms with van der Waals surface area (Å²) in [6.45, 7) is 4.07. The molecule has 1 aromatic carbocycles. The first-order valence-electron chi connectivity index (χ1n) is 5.28. The molecule has 0 heterocycles. The van der Waals surface area contributed by atoms with Gasteiger partial charge in [-0.3, -0.25) is 4.79 Å². The molecule has 1 atom stereocenters. The standard InChI is InChI=1S/C13H18O/c1-3-13(14)10-11(2)9-12-7-5-4-6-8-12/h4-8,11H,3,9-10H2,1-2H3/t11-/m0/s1. The Morgan fingerprint density at radius 2 is 1.93 bits per heavy atom. The first-order chi connectivity index (χ1) is 6.72. The van der Waals surface area contributed by atoms with E-state index >= 15 is 0 Å². The van der Waals surface area contributed by atoms with E-state index in [-0.39, 0.29) is 0 Å². The average molecular weight is 190 g/mol. The van der Waals surface area contributed by atoms with Crippen molar-refractivity contribution < 1.29 is 4.79 Å². The molecule has 1 aromatic rings. The molecule has 0 saturated heterocycles. The van der Waals surface area contributed by atoms with Gasteiger partial charge in [0.15, 0.2) is 0 Å². The molecule has 0 fully saturated rings. The molecular formula is C13H18O. The van der Waals surface area contributed by atoms with Gasteiger partial charge in [0.25, 0.3) is 0 Å². The van der Waals surface area contributed by atoms with Gasteiger partial charge in [0, 0.05) is 12.8 Å². The Labute approximate surface area is 86.1 Å². The smallest absolute Gasteiger partial charge is 0.132 e. The van der Waals surface area contributed by atoms with Crippen LogP contribution in [0.5, 0.6) is 0 Å². The van der Waals surface area contributed by atoms with Crippen LogP contribution in [0.4, 0.5) is 0 Å². The Hall–Kier alpha value is -1.11. The third kappa shape index (κ3) is 3.73. The van der Waals surface area contributed by atoms with Gasteiger partial charge in [-0.1, -0.05) is 44.2 Å². The van der Waals surface area contributed by atoms with Crippen LogP contribution in [0.25, 0.3) is 0 Å². The molecular weight excluding hydrogens is 172 g/mol. The maximum Gasteiger partial charge on any atom is 0.132 e. The Morgan fingerprint density at radius 1 is 1.29 bits per heavy atom. The molecule has 0 aliphatic heterocycles. The molecule has 1 nitrogen and oxygen atoms in total. The number of ketones is 1. The topological polar surface area (TPSA) is 17.1 Å². The van der Waals surface area contributed by atoms with E-state index in [2.05, 4.69) is 19.1 Å². The van der Waals surface area contributed by atoms with E-state index in [0.29, 0.717) is 24.5 Å². The van der Waals surface area contributed by atoms with Crippen molar-refractivity contribution in [3.05, 3.63) is 35.9 Å². The lowest BCUT2D eigenvalue weighted by molar-refractivity contribution is -0.119. The van der Waals surface area contributed by atoms with Crippen molar-refractivity contribution in [2.75, 3.05) is 0 Å². The monoisotopic (exact) mass is 190 g/mol. The molecule has 0 spiro atoms. The summed E-state index contributed by atoms with van der Waals surface area (Å²) < 4.78 is 0. The van der Waals surface area contributed by atoms with Gasteiger partial charge < -0.3 is 0 Å². The number of carbonyl (C=O) groups excluding carboxylic acids is 1. The van der Waals surface area contributed by atoms with Gasteiger partial charge in [0.1, 0.15) is 5.78 Å². The minimum atomic E-state index is 0.369. The number of hydrogen-bond donors (Lipinski definition) is 0. The lowest BCUT2D eigenvalue weighted by atomic mass is 9.95. The highest BCUT2D eigenvalue weighted by Crippen LogP contribution is 2.12. The highest BCUT2D eigenvalue weighted by Gasteiger charge is 2.07. The first kappa shape index (κ1) is 11.0. The van der Waals surface area contributed by atoms with Crippen LogP contribution < -0.4 is 0 Å². The number of rotatable bonds is 5. The minimum absolute atomic E-state index is 0.369. The molecule has 0 N–H and O–H groups in total. The quantitative estimate of drug-likeness (QED) is 0.696. The molecule has 0 amide bonds. The molecule has 0 bridgehead atoms. The van der Waals surface area contributed by atoms with Crippen molar-refractivity contribution in [3.8, 4) is 0 Å². The average Bonchev–Trinajstić information content (AvgIpc) is 2.19. The fourth-order valence-electron chi connectivity index (χ4n) is 1.62. The van der Waals surface area contributed by atoms with Crippen LogP contribution in [0.15, 0.2) is 30.3 Å². The van der Waals surface area contributed by atoms with E-state index in [1.165, 1.54) is 5.56 Å². The summed E-state index contributed by atoms with van der Waals surface area (Å²) in [5.41, 5.74) is 1.32. The molecule has 0 aliphatic carbocycles. The van der Waals surface area contributed by atoms with Gasteiger partial charge in [0.2, 0.25) is 0 Å². The third-order valence-electron chi connectivity index (χ3n) is 2.40. The zero-order valence-corrected chi connectivity index (χ0v) is 8.99. The summed E-state index contributed by atoms with van der Waals surface area (Å²) in [6, 6.07) is 10.3. The van der Waals surface area contributed by atoms with Crippen LogP contribution in [-0.2, 0) is 11.2 Å². The molecule has 0 aliphatic rings. The largest absolute Gasteiger partial charge is 0.300 e. The Balaban J connectivity index is 2.41. The molecule has 0 saturated carbocycles. The lowest BCUT2D eigenvalue weighted by Gasteiger charge is -2.09. The molecule has 0 radical (unpaired) electrons. The van der Waals surface area contributed by atoms with Gasteiger partial charge >= 0.3 is 0 Å². The maximum atomic E-state index is 11.2. The van der Waals surface area contributed by atoms with Crippen LogP contribution in [0.3, 0.4) is 0 Å². The zero-order valence-electron chi connectivity index (χ0n) is 8.99. The highest BCUT2D eigenvalue weighted by molar-refractivity contribution is 5.78. The van der Waals surface area contributed by atoms with E-state index in [0.717, 1.165) is 6.42 Å². The van der Waals surface area contributed by atoms with Crippen LogP contribution in [0.2, 0.25) is 0 Å². The number of hydrogen-bond acceptors (Lipinski definition) is 1. The van der Waals surface area contributed by atoms with Crippen molar-refractivity contribution in [1.29, 1.82) is 0 Å². The van der Waals surface area contributed by atoms with Crippen LogP contribution in [-0.4, -0.2) is 5.78 Å². The van der Waals surface area contributed by atoms with Crippen molar-refractivity contribution >= 4 is 5.78 Å². The fourth-order valence-corrected chi connectivity index (χ4v) is 1.62. The number of benzene rings is 1. The second-order valence-electron chi connectivity index (χ2n) is 3.89. The fraction of sp³-hybridized carbons (Fsp3) is 0.462. The van der Waals surface area contributed by atoms with E-state index in [9.17, 15) is 4.79 Å². The molecule has 0 aromatic heterocycles. The summed E-state index contributed by atoms with van der Waals surface area (Å²) in [5, 5.41) is 0. The molecule has 76 valence electrons. The maximum absolute atomic E-state index is 11.2. The van der Waals surface area contributed by atoms with Crippen molar-refractivity contribution in [3.63, 3.8) is 0 Å². The Morgan fingerprint density at radius 3 is 2.50 bits per heavy atom. The summed E-state index contributed by atoms with van der Waals surface area (Å²) in [5.74, 6) is 0.832. The lowest BCUT2D eigenvalue weighted by Crippen LogP contribution is -2.06. The highest BCUT2D eigenvalue weighted by atomic mass is 16.1. The van der Waals surface area contributed by atoms with E-state index in [4.69, 9.17) is 0 Å². The zero-order chi connectivity index (χ0) is 10.4. The molecule has 14 heavy (non-hydrogen) atoms. The minimum Gasteiger partial charge on any atom is -0.300 e. The van der Waals surface area contributed by atoms with Gasteiger partial charge in [-0.15, -0.1) is 0 Å². The van der Waals surface area contributed by atoms with Crippen LogP contribution in [0, 0.1) is 5.92 Å². The molecule has 1 heteroatoms. The van der Waals surface area contributed by atoms with E-state index in [1.54, 1.807) is 0 Å². The summed E-state index contributed by atoms with van der Waals surface area (Å²) in [7, 11) is 0. The van der Waals surface area contributed by atoms with Gasteiger partial charge in [-0.05, 0) is 17.9 Å². The predicted octanol–water partition coefficient (Wildman–Crippen LogP) is 3.23. The predicted molar refractivity (Wildman–Crippen MR) is 59.2 cm³/mol. The van der Waals surface area contributed by atoms with Crippen LogP contribution in [0.1, 0.15) is 32.3 Å². The SMILES string of the molecule is CCC(=O)C[C@@H](C)Cc1ccccc1.